The average Bonchev–Trinajstić information content (AvgIpc) is 2.98. The number of hydrogen-bond donors (Lipinski definition) is 2. The van der Waals surface area contributed by atoms with E-state index >= 15 is 0 Å². The maximum atomic E-state index is 12.2. The van der Waals surface area contributed by atoms with Crippen LogP contribution in [0.15, 0.2) is 35.5 Å². The van der Waals surface area contributed by atoms with Crippen molar-refractivity contribution in [3.05, 3.63) is 36.0 Å². The van der Waals surface area contributed by atoms with Gasteiger partial charge in [0.1, 0.15) is 0 Å². The molecule has 0 radical (unpaired) electrons. The van der Waals surface area contributed by atoms with Crippen molar-refractivity contribution in [3.8, 4) is 0 Å². The number of benzene rings is 1. The van der Waals surface area contributed by atoms with Crippen molar-refractivity contribution in [2.45, 2.75) is 25.0 Å². The van der Waals surface area contributed by atoms with Gasteiger partial charge in [0, 0.05) is 43.8 Å². The number of aromatic amines is 1. The number of aliphatic imine (C=N–C) groups is 1. The molecule has 2 heterocycles. The van der Waals surface area contributed by atoms with E-state index in [4.69, 9.17) is 0 Å². The molecule has 0 amide bonds. The Morgan fingerprint density at radius 3 is 2.84 bits per heavy atom. The van der Waals surface area contributed by atoms with Crippen LogP contribution in [0.4, 0.5) is 0 Å². The van der Waals surface area contributed by atoms with E-state index in [1.54, 1.807) is 20.9 Å². The van der Waals surface area contributed by atoms with E-state index < -0.39 is 14.6 Å². The zero-order valence-corrected chi connectivity index (χ0v) is 15.9. The van der Waals surface area contributed by atoms with E-state index in [-0.39, 0.29) is 5.75 Å². The van der Waals surface area contributed by atoms with Gasteiger partial charge in [-0.25, -0.2) is 8.42 Å². The Bertz CT molecular complexity index is 883. The molecule has 1 fully saturated rings. The molecule has 0 atom stereocenters. The Hall–Kier alpha value is -2.02. The highest BCUT2D eigenvalue weighted by Crippen LogP contribution is 2.23. The fraction of sp³-hybridized carbons (Fsp3) is 0.500. The predicted octanol–water partition coefficient (Wildman–Crippen LogP) is 1.79. The van der Waals surface area contributed by atoms with Crippen molar-refractivity contribution < 1.29 is 8.42 Å². The van der Waals surface area contributed by atoms with E-state index in [1.165, 1.54) is 10.9 Å². The van der Waals surface area contributed by atoms with E-state index in [0.29, 0.717) is 13.1 Å². The molecule has 0 bridgehead atoms. The molecule has 6 nitrogen and oxygen atoms in total. The molecule has 2 N–H and O–H groups in total. The third-order valence-corrected chi connectivity index (χ3v) is 7.44. The van der Waals surface area contributed by atoms with Gasteiger partial charge in [0.25, 0.3) is 0 Å². The first-order chi connectivity index (χ1) is 11.8. The number of nitrogens with zero attached hydrogens (tertiary/aromatic N) is 2. The van der Waals surface area contributed by atoms with Crippen LogP contribution in [-0.4, -0.2) is 61.4 Å². The molecule has 0 saturated carbocycles. The number of guanidine groups is 1. The second-order valence-corrected chi connectivity index (χ2v) is 9.83. The van der Waals surface area contributed by atoms with Crippen LogP contribution in [-0.2, 0) is 16.3 Å². The summed E-state index contributed by atoms with van der Waals surface area (Å²) in [5.41, 5.74) is 2.41. The predicted molar refractivity (Wildman–Crippen MR) is 103 cm³/mol. The number of hydrogen-bond acceptors (Lipinski definition) is 3. The van der Waals surface area contributed by atoms with Crippen molar-refractivity contribution in [1.29, 1.82) is 0 Å². The van der Waals surface area contributed by atoms with E-state index in [9.17, 15) is 8.42 Å². The highest BCUT2D eigenvalue weighted by molar-refractivity contribution is 7.92. The summed E-state index contributed by atoms with van der Waals surface area (Å²) in [5, 5.41) is 4.61. The quantitative estimate of drug-likeness (QED) is 0.645. The van der Waals surface area contributed by atoms with Crippen LogP contribution in [0.25, 0.3) is 10.9 Å². The second kappa shape index (κ2) is 6.71. The molecule has 1 aromatic carbocycles. The Labute approximate surface area is 149 Å². The lowest BCUT2D eigenvalue weighted by Crippen LogP contribution is -2.57. The maximum absolute atomic E-state index is 12.2. The van der Waals surface area contributed by atoms with Crippen LogP contribution in [0.3, 0.4) is 0 Å². The van der Waals surface area contributed by atoms with Crippen molar-refractivity contribution >= 4 is 26.7 Å². The lowest BCUT2D eigenvalue weighted by Gasteiger charge is -2.39. The van der Waals surface area contributed by atoms with Crippen molar-refractivity contribution in [2.75, 3.05) is 32.4 Å². The first-order valence-corrected chi connectivity index (χ1v) is 10.2. The Kier molecular flexibility index (Phi) is 4.77. The van der Waals surface area contributed by atoms with Gasteiger partial charge in [-0.1, -0.05) is 18.2 Å². The first kappa shape index (κ1) is 17.8. The summed E-state index contributed by atoms with van der Waals surface area (Å²) >= 11 is 0. The van der Waals surface area contributed by atoms with Gasteiger partial charge in [-0.05, 0) is 31.9 Å². The molecule has 1 aliphatic heterocycles. The van der Waals surface area contributed by atoms with Gasteiger partial charge in [-0.2, -0.15) is 0 Å². The number of aromatic nitrogens is 1. The molecular formula is C18H26N4O2S. The van der Waals surface area contributed by atoms with Gasteiger partial charge in [-0.3, -0.25) is 4.99 Å². The minimum atomic E-state index is -3.04. The molecule has 136 valence electrons. The van der Waals surface area contributed by atoms with Crippen LogP contribution < -0.4 is 5.32 Å². The van der Waals surface area contributed by atoms with E-state index in [2.05, 4.69) is 27.4 Å². The first-order valence-electron chi connectivity index (χ1n) is 8.57. The van der Waals surface area contributed by atoms with Crippen LogP contribution >= 0.6 is 0 Å². The summed E-state index contributed by atoms with van der Waals surface area (Å²) in [6.45, 7) is 5.26. The third-order valence-electron chi connectivity index (χ3n) is 4.91. The molecule has 0 spiro atoms. The smallest absolute Gasteiger partial charge is 0.193 e. The number of fused-ring (bicyclic) bond motifs is 1. The fourth-order valence-corrected chi connectivity index (χ4v) is 4.67. The lowest BCUT2D eigenvalue weighted by atomic mass is 10.1. The average molecular weight is 362 g/mol. The van der Waals surface area contributed by atoms with Gasteiger partial charge >= 0.3 is 0 Å². The van der Waals surface area contributed by atoms with Crippen molar-refractivity contribution in [3.63, 3.8) is 0 Å². The SMILES string of the molecule is CN=C(NCCc1c[nH]c2ccccc12)N1CCS(=O)(=O)C(C)(C)C1. The van der Waals surface area contributed by atoms with Gasteiger partial charge in [0.2, 0.25) is 0 Å². The zero-order chi connectivity index (χ0) is 18.1. The zero-order valence-electron chi connectivity index (χ0n) is 15.0. The molecule has 0 unspecified atom stereocenters. The van der Waals surface area contributed by atoms with E-state index in [1.807, 2.05) is 23.2 Å². The Balaban J connectivity index is 1.62. The largest absolute Gasteiger partial charge is 0.361 e. The topological polar surface area (TPSA) is 77.6 Å². The number of H-pyrrole nitrogens is 1. The summed E-state index contributed by atoms with van der Waals surface area (Å²) in [7, 11) is -1.30. The summed E-state index contributed by atoms with van der Waals surface area (Å²) in [6, 6.07) is 8.26. The van der Waals surface area contributed by atoms with Crippen LogP contribution in [0, 0.1) is 0 Å². The molecule has 1 aromatic heterocycles. The monoisotopic (exact) mass is 362 g/mol. The normalized spacial score (nSPS) is 20.0. The summed E-state index contributed by atoms with van der Waals surface area (Å²) < 4.78 is 23.6. The molecule has 25 heavy (non-hydrogen) atoms. The summed E-state index contributed by atoms with van der Waals surface area (Å²) in [5.74, 6) is 0.936. The molecule has 2 aromatic rings. The molecule has 1 aliphatic rings. The molecule has 3 rings (SSSR count). The molecule has 1 saturated heterocycles. The molecular weight excluding hydrogens is 336 g/mol. The number of sulfone groups is 1. The minimum absolute atomic E-state index is 0.170. The highest BCUT2D eigenvalue weighted by Gasteiger charge is 2.40. The summed E-state index contributed by atoms with van der Waals surface area (Å²) in [6.07, 6.45) is 2.92. The van der Waals surface area contributed by atoms with Gasteiger partial charge in [0.05, 0.1) is 10.5 Å². The van der Waals surface area contributed by atoms with Crippen LogP contribution in [0.5, 0.6) is 0 Å². The number of rotatable bonds is 3. The third kappa shape index (κ3) is 3.51. The molecule has 7 heteroatoms. The summed E-state index contributed by atoms with van der Waals surface area (Å²) in [4.78, 5) is 9.66. The van der Waals surface area contributed by atoms with Crippen LogP contribution in [0.2, 0.25) is 0 Å². The van der Waals surface area contributed by atoms with Crippen molar-refractivity contribution in [1.82, 2.24) is 15.2 Å². The number of nitrogens with one attached hydrogen (secondary N) is 2. The van der Waals surface area contributed by atoms with Gasteiger partial charge < -0.3 is 15.2 Å². The minimum Gasteiger partial charge on any atom is -0.361 e. The van der Waals surface area contributed by atoms with Gasteiger partial charge in [0.15, 0.2) is 15.8 Å². The van der Waals surface area contributed by atoms with Gasteiger partial charge in [-0.15, -0.1) is 0 Å². The Morgan fingerprint density at radius 1 is 1.36 bits per heavy atom. The van der Waals surface area contributed by atoms with Crippen molar-refractivity contribution in [2.24, 2.45) is 4.99 Å². The second-order valence-electron chi connectivity index (χ2n) is 7.08. The van der Waals surface area contributed by atoms with E-state index in [0.717, 1.165) is 24.4 Å². The highest BCUT2D eigenvalue weighted by atomic mass is 32.2. The molecule has 0 aliphatic carbocycles. The standard InChI is InChI=1S/C18H26N4O2S/c1-18(2)13-22(10-11-25(18,23)24)17(19-3)20-9-8-14-12-21-16-7-5-4-6-15(14)16/h4-7,12,21H,8-11,13H2,1-3H3,(H,19,20). The van der Waals surface area contributed by atoms with Crippen LogP contribution in [0.1, 0.15) is 19.4 Å². The number of para-hydroxylation sites is 1. The Morgan fingerprint density at radius 2 is 2.12 bits per heavy atom. The maximum Gasteiger partial charge on any atom is 0.193 e. The fourth-order valence-electron chi connectivity index (χ4n) is 3.30. The lowest BCUT2D eigenvalue weighted by molar-refractivity contribution is 0.353.